The first-order valence-corrected chi connectivity index (χ1v) is 6.95. The summed E-state index contributed by atoms with van der Waals surface area (Å²) in [5.41, 5.74) is 0.781. The molecule has 0 saturated carbocycles. The molecule has 2 amide bonds. The number of anilines is 1. The Balaban J connectivity index is 2.18. The summed E-state index contributed by atoms with van der Waals surface area (Å²) in [4.78, 5) is 26.2. The SMILES string of the molecule is CC1=CCC(=O)N(C(C)(C)C(=O)Nc2ccccc2)C=C1. The third kappa shape index (κ3) is 3.40. The molecule has 0 spiro atoms. The number of rotatable bonds is 3. The molecule has 1 aliphatic heterocycles. The number of benzene rings is 1. The third-order valence-corrected chi connectivity index (χ3v) is 3.54. The fourth-order valence-corrected chi connectivity index (χ4v) is 2.10. The van der Waals surface area contributed by atoms with Crippen LogP contribution in [0.5, 0.6) is 0 Å². The predicted molar refractivity (Wildman–Crippen MR) is 83.5 cm³/mol. The van der Waals surface area contributed by atoms with Crippen molar-refractivity contribution in [3.63, 3.8) is 0 Å². The van der Waals surface area contributed by atoms with Crippen molar-refractivity contribution < 1.29 is 9.59 Å². The van der Waals surface area contributed by atoms with E-state index in [1.165, 1.54) is 4.90 Å². The van der Waals surface area contributed by atoms with Crippen LogP contribution in [-0.4, -0.2) is 22.3 Å². The number of amides is 2. The van der Waals surface area contributed by atoms with Crippen LogP contribution >= 0.6 is 0 Å². The first-order chi connectivity index (χ1) is 9.91. The van der Waals surface area contributed by atoms with Crippen LogP contribution in [0.4, 0.5) is 5.69 Å². The highest BCUT2D eigenvalue weighted by molar-refractivity contribution is 6.00. The van der Waals surface area contributed by atoms with Crippen LogP contribution in [0.1, 0.15) is 27.2 Å². The molecule has 0 saturated heterocycles. The van der Waals surface area contributed by atoms with E-state index in [4.69, 9.17) is 0 Å². The molecule has 21 heavy (non-hydrogen) atoms. The van der Waals surface area contributed by atoms with Crippen molar-refractivity contribution in [3.05, 3.63) is 54.3 Å². The van der Waals surface area contributed by atoms with Gasteiger partial charge < -0.3 is 10.2 Å². The van der Waals surface area contributed by atoms with Gasteiger partial charge in [-0.3, -0.25) is 9.59 Å². The van der Waals surface area contributed by atoms with Gasteiger partial charge in [-0.05, 0) is 39.0 Å². The zero-order chi connectivity index (χ0) is 15.5. The zero-order valence-electron chi connectivity index (χ0n) is 12.6. The molecule has 0 bridgehead atoms. The minimum absolute atomic E-state index is 0.0867. The maximum absolute atomic E-state index is 12.5. The van der Waals surface area contributed by atoms with Crippen molar-refractivity contribution in [3.8, 4) is 0 Å². The quantitative estimate of drug-likeness (QED) is 0.927. The molecular formula is C17H20N2O2. The molecule has 0 aliphatic carbocycles. The Labute approximate surface area is 125 Å². The molecule has 2 rings (SSSR count). The van der Waals surface area contributed by atoms with E-state index in [2.05, 4.69) is 5.32 Å². The first kappa shape index (κ1) is 15.0. The number of carbonyl (C=O) groups is 2. The normalized spacial score (nSPS) is 15.5. The lowest BCUT2D eigenvalue weighted by Crippen LogP contribution is -2.52. The van der Waals surface area contributed by atoms with Crippen molar-refractivity contribution in [2.45, 2.75) is 32.7 Å². The van der Waals surface area contributed by atoms with Crippen LogP contribution in [0, 0.1) is 0 Å². The zero-order valence-corrected chi connectivity index (χ0v) is 12.6. The molecule has 0 unspecified atom stereocenters. The molecule has 1 aromatic carbocycles. The number of nitrogens with zero attached hydrogens (tertiary/aromatic N) is 1. The van der Waals surface area contributed by atoms with Crippen LogP contribution in [0.2, 0.25) is 0 Å². The van der Waals surface area contributed by atoms with Crippen molar-refractivity contribution in [2.24, 2.45) is 0 Å². The second-order valence-corrected chi connectivity index (χ2v) is 5.61. The summed E-state index contributed by atoms with van der Waals surface area (Å²) < 4.78 is 0. The molecule has 0 radical (unpaired) electrons. The minimum Gasteiger partial charge on any atom is -0.324 e. The monoisotopic (exact) mass is 284 g/mol. The van der Waals surface area contributed by atoms with Crippen LogP contribution < -0.4 is 5.32 Å². The second kappa shape index (κ2) is 5.95. The Morgan fingerprint density at radius 2 is 1.90 bits per heavy atom. The van der Waals surface area contributed by atoms with Gasteiger partial charge in [0.2, 0.25) is 11.8 Å². The van der Waals surface area contributed by atoms with Crippen molar-refractivity contribution in [1.29, 1.82) is 0 Å². The van der Waals surface area contributed by atoms with Crippen molar-refractivity contribution >= 4 is 17.5 Å². The molecule has 0 aromatic heterocycles. The smallest absolute Gasteiger partial charge is 0.250 e. The van der Waals surface area contributed by atoms with E-state index in [9.17, 15) is 9.59 Å². The maximum Gasteiger partial charge on any atom is 0.250 e. The van der Waals surface area contributed by atoms with Crippen LogP contribution in [0.15, 0.2) is 54.3 Å². The van der Waals surface area contributed by atoms with Crippen LogP contribution in [0.25, 0.3) is 0 Å². The van der Waals surface area contributed by atoms with Gasteiger partial charge in [0.25, 0.3) is 0 Å². The number of hydrogen-bond acceptors (Lipinski definition) is 2. The standard InChI is InChI=1S/C17H20N2O2/c1-13-9-10-15(20)19(12-11-13)17(2,3)16(21)18-14-7-5-4-6-8-14/h4-9,11-12H,10H2,1-3H3,(H,18,21). The van der Waals surface area contributed by atoms with E-state index in [0.717, 1.165) is 11.3 Å². The van der Waals surface area contributed by atoms with Crippen LogP contribution in [0.3, 0.4) is 0 Å². The Morgan fingerprint density at radius 1 is 1.24 bits per heavy atom. The number of nitrogens with one attached hydrogen (secondary N) is 1. The number of hydrogen-bond donors (Lipinski definition) is 1. The number of para-hydroxylation sites is 1. The Bertz CT molecular complexity index is 600. The lowest BCUT2D eigenvalue weighted by atomic mass is 10.0. The van der Waals surface area contributed by atoms with Gasteiger partial charge in [-0.15, -0.1) is 0 Å². The third-order valence-electron chi connectivity index (χ3n) is 3.54. The largest absolute Gasteiger partial charge is 0.324 e. The Hall–Kier alpha value is -2.36. The Kier molecular flexibility index (Phi) is 4.26. The molecule has 0 atom stereocenters. The topological polar surface area (TPSA) is 49.4 Å². The van der Waals surface area contributed by atoms with E-state index in [1.807, 2.05) is 49.4 Å². The highest BCUT2D eigenvalue weighted by Gasteiger charge is 2.36. The van der Waals surface area contributed by atoms with Gasteiger partial charge >= 0.3 is 0 Å². The van der Waals surface area contributed by atoms with E-state index in [0.29, 0.717) is 6.42 Å². The lowest BCUT2D eigenvalue weighted by Gasteiger charge is -2.34. The molecule has 1 N–H and O–H groups in total. The highest BCUT2D eigenvalue weighted by Crippen LogP contribution is 2.22. The fourth-order valence-electron chi connectivity index (χ4n) is 2.10. The summed E-state index contributed by atoms with van der Waals surface area (Å²) in [7, 11) is 0. The summed E-state index contributed by atoms with van der Waals surface area (Å²) in [6.07, 6.45) is 5.71. The van der Waals surface area contributed by atoms with Crippen molar-refractivity contribution in [1.82, 2.24) is 4.90 Å². The first-order valence-electron chi connectivity index (χ1n) is 6.95. The summed E-state index contributed by atoms with van der Waals surface area (Å²) >= 11 is 0. The summed E-state index contributed by atoms with van der Waals surface area (Å²) in [5, 5.41) is 2.85. The molecular weight excluding hydrogens is 264 g/mol. The average Bonchev–Trinajstić information content (AvgIpc) is 2.62. The van der Waals surface area contributed by atoms with Crippen LogP contribution in [-0.2, 0) is 9.59 Å². The molecule has 0 fully saturated rings. The van der Waals surface area contributed by atoms with E-state index in [1.54, 1.807) is 20.0 Å². The lowest BCUT2D eigenvalue weighted by molar-refractivity contribution is -0.139. The van der Waals surface area contributed by atoms with Gasteiger partial charge in [-0.2, -0.15) is 0 Å². The highest BCUT2D eigenvalue weighted by atomic mass is 16.2. The molecule has 1 aromatic rings. The predicted octanol–water partition coefficient (Wildman–Crippen LogP) is 3.10. The second-order valence-electron chi connectivity index (χ2n) is 5.61. The van der Waals surface area contributed by atoms with E-state index < -0.39 is 5.54 Å². The fraction of sp³-hybridized carbons (Fsp3) is 0.294. The molecule has 1 aliphatic rings. The number of carbonyl (C=O) groups excluding carboxylic acids is 2. The van der Waals surface area contributed by atoms with Gasteiger partial charge in [0.05, 0.1) is 0 Å². The van der Waals surface area contributed by atoms with Crippen molar-refractivity contribution in [2.75, 3.05) is 5.32 Å². The van der Waals surface area contributed by atoms with Gasteiger partial charge in [-0.25, -0.2) is 0 Å². The molecule has 4 nitrogen and oxygen atoms in total. The number of allylic oxidation sites excluding steroid dienone is 2. The van der Waals surface area contributed by atoms with Gasteiger partial charge in [-0.1, -0.05) is 29.8 Å². The Morgan fingerprint density at radius 3 is 2.57 bits per heavy atom. The minimum atomic E-state index is -0.956. The van der Waals surface area contributed by atoms with Gasteiger partial charge in [0, 0.05) is 18.3 Å². The van der Waals surface area contributed by atoms with Gasteiger partial charge in [0.1, 0.15) is 5.54 Å². The van der Waals surface area contributed by atoms with E-state index >= 15 is 0 Å². The maximum atomic E-state index is 12.5. The average molecular weight is 284 g/mol. The van der Waals surface area contributed by atoms with Gasteiger partial charge in [0.15, 0.2) is 0 Å². The molecule has 110 valence electrons. The summed E-state index contributed by atoms with van der Waals surface area (Å²) in [5.74, 6) is -0.303. The van der Waals surface area contributed by atoms with E-state index in [-0.39, 0.29) is 11.8 Å². The molecule has 4 heteroatoms. The summed E-state index contributed by atoms with van der Waals surface area (Å²) in [6, 6.07) is 9.23. The summed E-state index contributed by atoms with van der Waals surface area (Å²) in [6.45, 7) is 5.42. The molecule has 1 heterocycles.